The predicted molar refractivity (Wildman–Crippen MR) is 118 cm³/mol. The molecule has 1 aromatic carbocycles. The molecule has 3 aromatic rings. The van der Waals surface area contributed by atoms with Crippen LogP contribution in [0, 0.1) is 23.5 Å². The quantitative estimate of drug-likeness (QED) is 0.635. The predicted octanol–water partition coefficient (Wildman–Crippen LogP) is 3.49. The van der Waals surface area contributed by atoms with Crippen molar-refractivity contribution in [1.82, 2.24) is 15.3 Å². The second kappa shape index (κ2) is 7.77. The largest absolute Gasteiger partial charge is 0.381 e. The van der Waals surface area contributed by atoms with Crippen LogP contribution in [0.3, 0.4) is 0 Å². The summed E-state index contributed by atoms with van der Waals surface area (Å²) in [7, 11) is 0. The zero-order valence-corrected chi connectivity index (χ0v) is 17.6. The summed E-state index contributed by atoms with van der Waals surface area (Å²) in [4.78, 5) is 23.6. The summed E-state index contributed by atoms with van der Waals surface area (Å²) in [6.45, 7) is 3.67. The Morgan fingerprint density at radius 1 is 1.06 bits per heavy atom. The first-order valence-electron chi connectivity index (χ1n) is 10.9. The van der Waals surface area contributed by atoms with Crippen LogP contribution in [0.2, 0.25) is 0 Å². The molecule has 0 bridgehead atoms. The van der Waals surface area contributed by atoms with E-state index in [4.69, 9.17) is 4.74 Å². The Balaban J connectivity index is 1.31. The van der Waals surface area contributed by atoms with Crippen LogP contribution in [-0.2, 0) is 11.3 Å². The molecule has 1 amide bonds. The Morgan fingerprint density at radius 2 is 1.82 bits per heavy atom. The molecule has 7 nitrogen and oxygen atoms in total. The van der Waals surface area contributed by atoms with Crippen LogP contribution in [0.5, 0.6) is 0 Å². The average Bonchev–Trinajstić information content (AvgIpc) is 3.50. The number of rotatable bonds is 4. The van der Waals surface area contributed by atoms with Gasteiger partial charge in [-0.25, -0.2) is 18.7 Å². The van der Waals surface area contributed by atoms with Gasteiger partial charge in [0.05, 0.1) is 59.8 Å². The average molecular weight is 449 g/mol. The highest BCUT2D eigenvalue weighted by Crippen LogP contribution is 2.34. The highest BCUT2D eigenvalue weighted by Gasteiger charge is 2.37. The Kier molecular flexibility index (Phi) is 4.72. The van der Waals surface area contributed by atoms with Gasteiger partial charge in [-0.2, -0.15) is 0 Å². The molecule has 5 heterocycles. The van der Waals surface area contributed by atoms with Gasteiger partial charge < -0.3 is 20.3 Å². The van der Waals surface area contributed by atoms with E-state index < -0.39 is 11.6 Å². The van der Waals surface area contributed by atoms with E-state index >= 15 is 0 Å². The molecule has 9 heteroatoms. The molecule has 0 saturated carbocycles. The van der Waals surface area contributed by atoms with Crippen LogP contribution >= 0.6 is 0 Å². The Labute approximate surface area is 188 Å². The summed E-state index contributed by atoms with van der Waals surface area (Å²) in [5, 5.41) is 5.92. The van der Waals surface area contributed by atoms with E-state index in [9.17, 15) is 13.6 Å². The molecule has 2 fully saturated rings. The molecule has 168 valence electrons. The van der Waals surface area contributed by atoms with Crippen LogP contribution in [0.4, 0.5) is 26.0 Å². The third-order valence-corrected chi connectivity index (χ3v) is 6.55. The van der Waals surface area contributed by atoms with Gasteiger partial charge in [0.2, 0.25) is 0 Å². The molecule has 0 aliphatic carbocycles. The summed E-state index contributed by atoms with van der Waals surface area (Å²) in [5.74, 6) is 0.298. The van der Waals surface area contributed by atoms with Gasteiger partial charge >= 0.3 is 0 Å². The molecule has 3 aliphatic rings. The molecule has 2 atom stereocenters. The van der Waals surface area contributed by atoms with Crippen LogP contribution in [0.15, 0.2) is 42.6 Å². The number of ether oxygens (including phenoxy) is 1. The number of benzene rings is 1. The van der Waals surface area contributed by atoms with E-state index in [0.29, 0.717) is 34.5 Å². The fourth-order valence-electron chi connectivity index (χ4n) is 4.88. The second-order valence-corrected chi connectivity index (χ2v) is 8.65. The van der Waals surface area contributed by atoms with Crippen molar-refractivity contribution >= 4 is 23.1 Å². The van der Waals surface area contributed by atoms with E-state index in [1.54, 1.807) is 6.20 Å². The van der Waals surface area contributed by atoms with E-state index in [0.717, 1.165) is 32.1 Å². The highest BCUT2D eigenvalue weighted by molar-refractivity contribution is 6.04. The van der Waals surface area contributed by atoms with Gasteiger partial charge in [-0.1, -0.05) is 6.07 Å². The van der Waals surface area contributed by atoms with Gasteiger partial charge in [-0.05, 0) is 30.3 Å². The van der Waals surface area contributed by atoms with Crippen molar-refractivity contribution in [2.75, 3.05) is 36.5 Å². The lowest BCUT2D eigenvalue weighted by molar-refractivity contribution is 0.0966. The van der Waals surface area contributed by atoms with E-state index in [1.165, 1.54) is 24.3 Å². The standard InChI is InChI=1S/C24H21F2N5O2/c25-16-2-1-3-17(26)22(16)18-6-19(23-20(30-18)8-28-24(23)32)29-15-4-5-21(27-7-15)31-9-13-11-33-12-14(13)10-31/h1-7,13-14H,8-12H2,(H,28,32)(H,29,30)/t13-,14+. The molecular weight excluding hydrogens is 428 g/mol. The number of carbonyl (C=O) groups excluding carboxylic acids is 1. The van der Waals surface area contributed by atoms with Crippen LogP contribution < -0.4 is 15.5 Å². The smallest absolute Gasteiger partial charge is 0.255 e. The van der Waals surface area contributed by atoms with Crippen molar-refractivity contribution in [3.63, 3.8) is 0 Å². The SMILES string of the molecule is O=C1NCc2nc(-c3c(F)cccc3F)cc(Nc3ccc(N4C[C@H]5COC[C@H]5C4)nc3)c21. The van der Waals surface area contributed by atoms with Gasteiger partial charge in [0, 0.05) is 24.9 Å². The van der Waals surface area contributed by atoms with Crippen molar-refractivity contribution < 1.29 is 18.3 Å². The molecular formula is C24H21F2N5O2. The molecule has 2 aromatic heterocycles. The lowest BCUT2D eigenvalue weighted by Crippen LogP contribution is -2.23. The van der Waals surface area contributed by atoms with Crippen LogP contribution in [0.25, 0.3) is 11.3 Å². The summed E-state index contributed by atoms with van der Waals surface area (Å²) in [6, 6.07) is 9.00. The Morgan fingerprint density at radius 3 is 2.52 bits per heavy atom. The molecule has 2 saturated heterocycles. The van der Waals surface area contributed by atoms with E-state index in [2.05, 4.69) is 25.5 Å². The van der Waals surface area contributed by atoms with Gasteiger partial charge in [0.15, 0.2) is 0 Å². The summed E-state index contributed by atoms with van der Waals surface area (Å²) >= 11 is 0. The molecule has 0 spiro atoms. The third-order valence-electron chi connectivity index (χ3n) is 6.55. The summed E-state index contributed by atoms with van der Waals surface area (Å²) in [6.07, 6.45) is 1.70. The maximum absolute atomic E-state index is 14.4. The number of amides is 1. The minimum atomic E-state index is -0.711. The van der Waals surface area contributed by atoms with Crippen LogP contribution in [0.1, 0.15) is 16.1 Å². The first-order chi connectivity index (χ1) is 16.1. The van der Waals surface area contributed by atoms with Gasteiger partial charge in [0.25, 0.3) is 5.91 Å². The number of nitrogens with zero attached hydrogens (tertiary/aromatic N) is 3. The van der Waals surface area contributed by atoms with Gasteiger partial charge in [0.1, 0.15) is 17.5 Å². The van der Waals surface area contributed by atoms with Gasteiger partial charge in [-0.15, -0.1) is 0 Å². The maximum atomic E-state index is 14.4. The first-order valence-corrected chi connectivity index (χ1v) is 10.9. The minimum Gasteiger partial charge on any atom is -0.381 e. The zero-order chi connectivity index (χ0) is 22.5. The van der Waals surface area contributed by atoms with E-state index in [1.807, 2.05) is 12.1 Å². The van der Waals surface area contributed by atoms with Crippen molar-refractivity contribution in [3.8, 4) is 11.3 Å². The number of hydrogen-bond acceptors (Lipinski definition) is 6. The number of fused-ring (bicyclic) bond motifs is 2. The lowest BCUT2D eigenvalue weighted by Gasteiger charge is -2.19. The number of nitrogens with one attached hydrogen (secondary N) is 2. The minimum absolute atomic E-state index is 0.124. The Hall–Kier alpha value is -3.59. The number of hydrogen-bond donors (Lipinski definition) is 2. The third kappa shape index (κ3) is 3.48. The fraction of sp³-hybridized carbons (Fsp3) is 0.292. The van der Waals surface area contributed by atoms with Crippen molar-refractivity contribution in [2.24, 2.45) is 11.8 Å². The monoisotopic (exact) mass is 449 g/mol. The fourth-order valence-corrected chi connectivity index (χ4v) is 4.88. The number of aromatic nitrogens is 2. The van der Waals surface area contributed by atoms with Crippen molar-refractivity contribution in [1.29, 1.82) is 0 Å². The molecule has 2 N–H and O–H groups in total. The topological polar surface area (TPSA) is 79.4 Å². The molecule has 0 unspecified atom stereocenters. The number of halogens is 2. The van der Waals surface area contributed by atoms with E-state index in [-0.39, 0.29) is 23.7 Å². The number of anilines is 3. The number of carbonyl (C=O) groups is 1. The van der Waals surface area contributed by atoms with Gasteiger partial charge in [-0.3, -0.25) is 4.79 Å². The maximum Gasteiger partial charge on any atom is 0.255 e. The molecule has 6 rings (SSSR count). The Bertz CT molecular complexity index is 1220. The molecule has 33 heavy (non-hydrogen) atoms. The van der Waals surface area contributed by atoms with Crippen LogP contribution in [-0.4, -0.2) is 42.2 Å². The van der Waals surface area contributed by atoms with Crippen molar-refractivity contribution in [2.45, 2.75) is 6.54 Å². The van der Waals surface area contributed by atoms with Crippen molar-refractivity contribution in [3.05, 3.63) is 65.5 Å². The second-order valence-electron chi connectivity index (χ2n) is 8.65. The first kappa shape index (κ1) is 20.0. The lowest BCUT2D eigenvalue weighted by atomic mass is 10.0. The number of pyridine rings is 2. The highest BCUT2D eigenvalue weighted by atomic mass is 19.1. The summed E-state index contributed by atoms with van der Waals surface area (Å²) < 4.78 is 34.3. The summed E-state index contributed by atoms with van der Waals surface area (Å²) in [5.41, 5.74) is 1.80. The zero-order valence-electron chi connectivity index (χ0n) is 17.6. The molecule has 3 aliphatic heterocycles. The normalized spacial score (nSPS) is 21.2. The molecule has 0 radical (unpaired) electrons.